The summed E-state index contributed by atoms with van der Waals surface area (Å²) in [6.07, 6.45) is -0.733. The second-order valence-corrected chi connectivity index (χ2v) is 7.64. The summed E-state index contributed by atoms with van der Waals surface area (Å²) in [5.41, 5.74) is 4.49. The number of carboxylic acids is 1. The van der Waals surface area contributed by atoms with Gasteiger partial charge in [-0.2, -0.15) is 0 Å². The Balaban J connectivity index is 1.53. The number of hydrogen-bond donors (Lipinski definition) is 2. The smallest absolute Gasteiger partial charge is 0.411 e. The lowest BCUT2D eigenvalue weighted by molar-refractivity contribution is 0.0698. The molecule has 0 spiro atoms. The molecule has 1 aliphatic rings. The summed E-state index contributed by atoms with van der Waals surface area (Å²) in [4.78, 5) is 24.0. The Morgan fingerprint density at radius 1 is 1.03 bits per heavy atom. The molecule has 3 aromatic rings. The normalized spacial score (nSPS) is 12.1. The van der Waals surface area contributed by atoms with Gasteiger partial charge in [0.2, 0.25) is 0 Å². The Kier molecular flexibility index (Phi) is 5.46. The summed E-state index contributed by atoms with van der Waals surface area (Å²) >= 11 is 3.25. The second kappa shape index (κ2) is 8.20. The van der Waals surface area contributed by atoms with Crippen molar-refractivity contribution in [3.05, 3.63) is 81.8 Å². The van der Waals surface area contributed by atoms with Gasteiger partial charge in [-0.1, -0.05) is 48.5 Å². The Morgan fingerprint density at radius 2 is 1.63 bits per heavy atom. The molecular formula is C23H18BrNO5. The van der Waals surface area contributed by atoms with Gasteiger partial charge in [0, 0.05) is 12.0 Å². The fourth-order valence-electron chi connectivity index (χ4n) is 3.73. The van der Waals surface area contributed by atoms with Crippen molar-refractivity contribution in [3.63, 3.8) is 0 Å². The summed E-state index contributed by atoms with van der Waals surface area (Å²) in [7, 11) is 1.46. The Labute approximate surface area is 181 Å². The molecule has 0 atom stereocenters. The van der Waals surface area contributed by atoms with Crippen molar-refractivity contribution in [2.24, 2.45) is 0 Å². The minimum atomic E-state index is -1.17. The molecule has 6 nitrogen and oxygen atoms in total. The number of rotatable bonds is 5. The first-order chi connectivity index (χ1) is 14.5. The quantitative estimate of drug-likeness (QED) is 0.516. The van der Waals surface area contributed by atoms with E-state index < -0.39 is 12.1 Å². The van der Waals surface area contributed by atoms with Crippen molar-refractivity contribution >= 4 is 33.7 Å². The molecule has 152 valence electrons. The van der Waals surface area contributed by atoms with Crippen LogP contribution in [0.15, 0.2) is 65.1 Å². The Morgan fingerprint density at radius 3 is 2.20 bits per heavy atom. The van der Waals surface area contributed by atoms with E-state index in [-0.39, 0.29) is 23.8 Å². The number of fused-ring (bicyclic) bond motifs is 3. The van der Waals surface area contributed by atoms with Crippen molar-refractivity contribution in [2.45, 2.75) is 5.92 Å². The second-order valence-electron chi connectivity index (χ2n) is 6.79. The number of carbonyl (C=O) groups is 2. The molecule has 7 heteroatoms. The van der Waals surface area contributed by atoms with E-state index in [1.807, 2.05) is 36.4 Å². The Hall–Kier alpha value is -3.32. The first-order valence-electron chi connectivity index (χ1n) is 9.22. The van der Waals surface area contributed by atoms with E-state index in [9.17, 15) is 14.7 Å². The molecule has 0 heterocycles. The van der Waals surface area contributed by atoms with E-state index in [0.717, 1.165) is 22.3 Å². The molecule has 2 N–H and O–H groups in total. The third-order valence-corrected chi connectivity index (χ3v) is 5.72. The van der Waals surface area contributed by atoms with Gasteiger partial charge in [0.05, 0.1) is 22.8 Å². The summed E-state index contributed by atoms with van der Waals surface area (Å²) in [6, 6.07) is 18.9. The van der Waals surface area contributed by atoms with Crippen LogP contribution in [0.4, 0.5) is 10.5 Å². The molecule has 0 aromatic heterocycles. The molecule has 1 aliphatic carbocycles. The number of anilines is 1. The first-order valence-corrected chi connectivity index (χ1v) is 10.0. The van der Waals surface area contributed by atoms with E-state index in [1.165, 1.54) is 19.2 Å². The predicted molar refractivity (Wildman–Crippen MR) is 116 cm³/mol. The maximum absolute atomic E-state index is 12.5. The lowest BCUT2D eigenvalue weighted by Gasteiger charge is -2.16. The predicted octanol–water partition coefficient (Wildman–Crippen LogP) is 5.52. The van der Waals surface area contributed by atoms with Gasteiger partial charge < -0.3 is 14.6 Å². The molecule has 0 radical (unpaired) electrons. The standard InChI is InChI=1S/C23H18BrNO5/c1-29-21-11-20(17(22(26)27)10-19(21)24)25-23(28)30-12-18-15-8-4-2-6-13(15)14-7-3-5-9-16(14)18/h2-11,18H,12H2,1H3,(H,25,28)(H,26,27). The fraction of sp³-hybridized carbons (Fsp3) is 0.130. The Bertz CT molecular complexity index is 1100. The summed E-state index contributed by atoms with van der Waals surface area (Å²) < 4.78 is 11.1. The van der Waals surface area contributed by atoms with Crippen molar-refractivity contribution in [3.8, 4) is 16.9 Å². The van der Waals surface area contributed by atoms with Crippen LogP contribution in [0.5, 0.6) is 5.75 Å². The van der Waals surface area contributed by atoms with Gasteiger partial charge in [-0.25, -0.2) is 9.59 Å². The van der Waals surface area contributed by atoms with E-state index >= 15 is 0 Å². The number of aromatic carboxylic acids is 1. The number of nitrogens with one attached hydrogen (secondary N) is 1. The van der Waals surface area contributed by atoms with E-state index in [0.29, 0.717) is 10.2 Å². The number of benzene rings is 3. The van der Waals surface area contributed by atoms with Crippen molar-refractivity contribution in [1.29, 1.82) is 0 Å². The first kappa shape index (κ1) is 20.0. The minimum absolute atomic E-state index is 0.0730. The van der Waals surface area contributed by atoms with Gasteiger partial charge in [0.1, 0.15) is 12.4 Å². The van der Waals surface area contributed by atoms with Crippen LogP contribution in [0.3, 0.4) is 0 Å². The van der Waals surface area contributed by atoms with Crippen LogP contribution in [0.2, 0.25) is 0 Å². The summed E-state index contributed by atoms with van der Waals surface area (Å²) in [6.45, 7) is 0.135. The van der Waals surface area contributed by atoms with Crippen LogP contribution in [0.1, 0.15) is 27.4 Å². The molecule has 30 heavy (non-hydrogen) atoms. The fourth-order valence-corrected chi connectivity index (χ4v) is 4.24. The summed E-state index contributed by atoms with van der Waals surface area (Å²) in [5, 5.41) is 12.0. The number of carboxylic acid groups (broad SMARTS) is 1. The molecule has 3 aromatic carbocycles. The number of hydrogen-bond acceptors (Lipinski definition) is 4. The lowest BCUT2D eigenvalue weighted by Crippen LogP contribution is -2.19. The molecule has 0 saturated carbocycles. The maximum atomic E-state index is 12.5. The van der Waals surface area contributed by atoms with E-state index in [1.54, 1.807) is 0 Å². The van der Waals surface area contributed by atoms with Gasteiger partial charge in [-0.05, 0) is 44.3 Å². The zero-order chi connectivity index (χ0) is 21.3. The molecule has 0 fully saturated rings. The van der Waals surface area contributed by atoms with E-state index in [2.05, 4.69) is 33.4 Å². The van der Waals surface area contributed by atoms with Gasteiger partial charge in [-0.15, -0.1) is 0 Å². The van der Waals surface area contributed by atoms with Crippen LogP contribution >= 0.6 is 15.9 Å². The number of ether oxygens (including phenoxy) is 2. The average Bonchev–Trinajstić information content (AvgIpc) is 3.07. The van der Waals surface area contributed by atoms with Crippen LogP contribution in [0.25, 0.3) is 11.1 Å². The number of halogens is 1. The molecule has 1 amide bonds. The highest BCUT2D eigenvalue weighted by molar-refractivity contribution is 9.10. The SMILES string of the molecule is COc1cc(NC(=O)OCC2c3ccccc3-c3ccccc32)c(C(=O)O)cc1Br. The molecule has 0 bridgehead atoms. The zero-order valence-corrected chi connectivity index (χ0v) is 17.6. The van der Waals surface area contributed by atoms with E-state index in [4.69, 9.17) is 9.47 Å². The highest BCUT2D eigenvalue weighted by atomic mass is 79.9. The van der Waals surface area contributed by atoms with Crippen LogP contribution in [-0.2, 0) is 4.74 Å². The average molecular weight is 468 g/mol. The molecule has 0 unspecified atom stereocenters. The van der Waals surface area contributed by atoms with Crippen LogP contribution in [0, 0.1) is 0 Å². The number of carbonyl (C=O) groups excluding carboxylic acids is 1. The molecule has 0 aliphatic heterocycles. The molecule has 4 rings (SSSR count). The lowest BCUT2D eigenvalue weighted by atomic mass is 9.98. The highest BCUT2D eigenvalue weighted by Crippen LogP contribution is 2.44. The van der Waals surface area contributed by atoms with Gasteiger partial charge >= 0.3 is 12.1 Å². The zero-order valence-electron chi connectivity index (χ0n) is 16.0. The van der Waals surface area contributed by atoms with Gasteiger partial charge in [-0.3, -0.25) is 5.32 Å². The minimum Gasteiger partial charge on any atom is -0.495 e. The van der Waals surface area contributed by atoms with Crippen LogP contribution in [-0.4, -0.2) is 30.9 Å². The monoisotopic (exact) mass is 467 g/mol. The molecule has 0 saturated heterocycles. The maximum Gasteiger partial charge on any atom is 0.411 e. The topological polar surface area (TPSA) is 84.9 Å². The largest absolute Gasteiger partial charge is 0.495 e. The third-order valence-electron chi connectivity index (χ3n) is 5.10. The number of amides is 1. The van der Waals surface area contributed by atoms with Crippen LogP contribution < -0.4 is 10.1 Å². The third kappa shape index (κ3) is 3.64. The highest BCUT2D eigenvalue weighted by Gasteiger charge is 2.29. The van der Waals surface area contributed by atoms with Crippen molar-refractivity contribution in [1.82, 2.24) is 0 Å². The van der Waals surface area contributed by atoms with Gasteiger partial charge in [0.25, 0.3) is 0 Å². The molecular weight excluding hydrogens is 450 g/mol. The number of methoxy groups -OCH3 is 1. The van der Waals surface area contributed by atoms with Gasteiger partial charge in [0.15, 0.2) is 0 Å². The van der Waals surface area contributed by atoms with Crippen molar-refractivity contribution < 1.29 is 24.2 Å². The summed E-state index contributed by atoms with van der Waals surface area (Å²) in [5.74, 6) is -0.859. The van der Waals surface area contributed by atoms with Crippen molar-refractivity contribution in [2.75, 3.05) is 19.0 Å².